The predicted molar refractivity (Wildman–Crippen MR) is 48.3 cm³/mol. The highest BCUT2D eigenvalue weighted by molar-refractivity contribution is 7.11. The quantitative estimate of drug-likeness (QED) is 0.550. The smallest absolute Gasteiger partial charge is 0.161 e. The van der Waals surface area contributed by atoms with Crippen LogP contribution in [0.25, 0.3) is 0 Å². The van der Waals surface area contributed by atoms with Gasteiger partial charge >= 0.3 is 0 Å². The van der Waals surface area contributed by atoms with Crippen molar-refractivity contribution in [2.45, 2.75) is 6.42 Å². The maximum atomic E-state index is 10.4. The summed E-state index contributed by atoms with van der Waals surface area (Å²) >= 11 is 1.37. The molecule has 0 amide bonds. The van der Waals surface area contributed by atoms with E-state index in [1.54, 1.807) is 6.07 Å². The van der Waals surface area contributed by atoms with Gasteiger partial charge in [-0.1, -0.05) is 11.8 Å². The van der Waals surface area contributed by atoms with Crippen LogP contribution in [0.4, 0.5) is 0 Å². The highest BCUT2D eigenvalue weighted by Crippen LogP contribution is 2.12. The lowest BCUT2D eigenvalue weighted by atomic mass is 10.2. The van der Waals surface area contributed by atoms with Gasteiger partial charge in [0, 0.05) is 12.0 Å². The number of hydrogen-bond acceptors (Lipinski definition) is 3. The second kappa shape index (κ2) is 4.70. The van der Waals surface area contributed by atoms with Crippen LogP contribution in [0, 0.1) is 11.8 Å². The Morgan fingerprint density at radius 2 is 2.50 bits per heavy atom. The average Bonchev–Trinajstić information content (AvgIpc) is 2.52. The number of carbonyl (C=O) groups is 1. The molecule has 2 nitrogen and oxygen atoms in total. The Morgan fingerprint density at radius 3 is 3.17 bits per heavy atom. The van der Waals surface area contributed by atoms with Crippen LogP contribution in [-0.4, -0.2) is 18.0 Å². The molecule has 0 saturated heterocycles. The third kappa shape index (κ3) is 2.19. The van der Waals surface area contributed by atoms with E-state index in [1.807, 2.05) is 5.38 Å². The van der Waals surface area contributed by atoms with Crippen molar-refractivity contribution in [3.8, 4) is 11.8 Å². The molecule has 0 radical (unpaired) electrons. The van der Waals surface area contributed by atoms with E-state index >= 15 is 0 Å². The van der Waals surface area contributed by atoms with Crippen molar-refractivity contribution in [3.05, 3.63) is 21.9 Å². The molecule has 0 atom stereocenters. The van der Waals surface area contributed by atoms with Gasteiger partial charge in [0.15, 0.2) is 6.29 Å². The Hall–Kier alpha value is -1.11. The number of aldehydes is 1. The molecule has 0 unspecified atom stereocenters. The predicted octanol–water partition coefficient (Wildman–Crippen LogP) is 1.29. The largest absolute Gasteiger partial charge is 0.395 e. The topological polar surface area (TPSA) is 37.3 Å². The summed E-state index contributed by atoms with van der Waals surface area (Å²) < 4.78 is 0. The lowest BCUT2D eigenvalue weighted by Crippen LogP contribution is -1.79. The molecule has 1 heterocycles. The fraction of sp³-hybridized carbons (Fsp3) is 0.222. The fourth-order valence-corrected chi connectivity index (χ4v) is 1.38. The van der Waals surface area contributed by atoms with E-state index in [0.717, 1.165) is 11.8 Å². The summed E-state index contributed by atoms with van der Waals surface area (Å²) in [6.45, 7) is 0.0631. The maximum absolute atomic E-state index is 10.4. The van der Waals surface area contributed by atoms with E-state index in [9.17, 15) is 4.79 Å². The van der Waals surface area contributed by atoms with E-state index in [4.69, 9.17) is 5.11 Å². The molecule has 3 heteroatoms. The molecular weight excluding hydrogens is 172 g/mol. The molecule has 12 heavy (non-hydrogen) atoms. The third-order valence-electron chi connectivity index (χ3n) is 1.26. The van der Waals surface area contributed by atoms with Crippen molar-refractivity contribution >= 4 is 17.6 Å². The molecule has 0 saturated carbocycles. The number of hydrogen-bond donors (Lipinski definition) is 1. The number of thiophene rings is 1. The number of aliphatic hydroxyl groups excluding tert-OH is 1. The van der Waals surface area contributed by atoms with E-state index in [-0.39, 0.29) is 6.61 Å². The van der Waals surface area contributed by atoms with Crippen molar-refractivity contribution in [2.24, 2.45) is 0 Å². The van der Waals surface area contributed by atoms with E-state index < -0.39 is 0 Å². The van der Waals surface area contributed by atoms with Gasteiger partial charge in [-0.05, 0) is 11.4 Å². The lowest BCUT2D eigenvalue weighted by molar-refractivity contribution is 0.112. The molecule has 0 aromatic carbocycles. The van der Waals surface area contributed by atoms with Gasteiger partial charge in [0.2, 0.25) is 0 Å². The summed E-state index contributed by atoms with van der Waals surface area (Å²) in [4.78, 5) is 11.1. The third-order valence-corrected chi connectivity index (χ3v) is 2.10. The summed E-state index contributed by atoms with van der Waals surface area (Å²) in [5, 5.41) is 10.3. The van der Waals surface area contributed by atoms with Gasteiger partial charge in [-0.25, -0.2) is 0 Å². The normalized spacial score (nSPS) is 8.75. The van der Waals surface area contributed by atoms with E-state index in [1.165, 1.54) is 11.3 Å². The van der Waals surface area contributed by atoms with Crippen LogP contribution in [-0.2, 0) is 0 Å². The molecule has 0 aliphatic heterocycles. The SMILES string of the molecule is O=Cc1sccc1C#CCCO. The van der Waals surface area contributed by atoms with Gasteiger partial charge in [0.25, 0.3) is 0 Å². The molecule has 0 aliphatic rings. The monoisotopic (exact) mass is 180 g/mol. The van der Waals surface area contributed by atoms with Crippen LogP contribution in [0.3, 0.4) is 0 Å². The van der Waals surface area contributed by atoms with Crippen molar-refractivity contribution in [3.63, 3.8) is 0 Å². The number of rotatable bonds is 2. The van der Waals surface area contributed by atoms with Crippen LogP contribution in [0.1, 0.15) is 21.7 Å². The van der Waals surface area contributed by atoms with E-state index in [0.29, 0.717) is 11.3 Å². The number of carbonyl (C=O) groups excluding carboxylic acids is 1. The van der Waals surface area contributed by atoms with Crippen LogP contribution in [0.5, 0.6) is 0 Å². The highest BCUT2D eigenvalue weighted by atomic mass is 32.1. The molecule has 1 rings (SSSR count). The Balaban J connectivity index is 2.76. The first-order chi connectivity index (χ1) is 5.88. The van der Waals surface area contributed by atoms with Crippen LogP contribution in [0.2, 0.25) is 0 Å². The molecule has 0 aliphatic carbocycles. The van der Waals surface area contributed by atoms with Gasteiger partial charge in [-0.3, -0.25) is 4.79 Å². The van der Waals surface area contributed by atoms with Gasteiger partial charge in [-0.2, -0.15) is 0 Å². The minimum absolute atomic E-state index is 0.0631. The Labute approximate surface area is 74.9 Å². The first kappa shape index (κ1) is 8.98. The molecule has 62 valence electrons. The molecule has 1 aromatic rings. The van der Waals surface area contributed by atoms with E-state index in [2.05, 4.69) is 11.8 Å². The minimum atomic E-state index is 0.0631. The standard InChI is InChI=1S/C9H8O2S/c10-5-2-1-3-8-4-6-12-9(8)7-11/h4,6-7,10H,2,5H2. The zero-order valence-corrected chi connectivity index (χ0v) is 7.23. The highest BCUT2D eigenvalue weighted by Gasteiger charge is 1.97. The maximum Gasteiger partial charge on any atom is 0.161 e. The molecule has 1 aromatic heterocycles. The van der Waals surface area contributed by atoms with Gasteiger partial charge in [-0.15, -0.1) is 11.3 Å². The van der Waals surface area contributed by atoms with Gasteiger partial charge in [0.1, 0.15) is 0 Å². The lowest BCUT2D eigenvalue weighted by Gasteiger charge is -1.82. The fourth-order valence-electron chi connectivity index (χ4n) is 0.729. The summed E-state index contributed by atoms with van der Waals surface area (Å²) in [5.41, 5.74) is 0.753. The Kier molecular flexibility index (Phi) is 3.52. The van der Waals surface area contributed by atoms with Crippen molar-refractivity contribution < 1.29 is 9.90 Å². The minimum Gasteiger partial charge on any atom is -0.395 e. The second-order valence-corrected chi connectivity index (χ2v) is 3.04. The first-order valence-electron chi connectivity index (χ1n) is 3.51. The Morgan fingerprint density at radius 1 is 1.67 bits per heavy atom. The number of aliphatic hydroxyl groups is 1. The van der Waals surface area contributed by atoms with Gasteiger partial charge in [0.05, 0.1) is 11.5 Å². The first-order valence-corrected chi connectivity index (χ1v) is 4.39. The molecule has 1 N–H and O–H groups in total. The summed E-state index contributed by atoms with van der Waals surface area (Å²) in [5.74, 6) is 5.57. The summed E-state index contributed by atoms with van der Waals surface area (Å²) in [6, 6.07) is 1.80. The van der Waals surface area contributed by atoms with Crippen molar-refractivity contribution in [1.29, 1.82) is 0 Å². The molecule has 0 bridgehead atoms. The van der Waals surface area contributed by atoms with Crippen molar-refractivity contribution in [2.75, 3.05) is 6.61 Å². The molecular formula is C9H8O2S. The molecule has 0 spiro atoms. The van der Waals surface area contributed by atoms with Gasteiger partial charge < -0.3 is 5.11 Å². The van der Waals surface area contributed by atoms with Crippen molar-refractivity contribution in [1.82, 2.24) is 0 Å². The second-order valence-electron chi connectivity index (χ2n) is 2.09. The average molecular weight is 180 g/mol. The summed E-state index contributed by atoms with van der Waals surface area (Å²) in [6.07, 6.45) is 1.25. The zero-order chi connectivity index (χ0) is 8.81. The van der Waals surface area contributed by atoms with Crippen LogP contribution >= 0.6 is 11.3 Å². The zero-order valence-electron chi connectivity index (χ0n) is 6.41. The van der Waals surface area contributed by atoms with Crippen LogP contribution < -0.4 is 0 Å². The molecule has 0 fully saturated rings. The Bertz CT molecular complexity index is 317. The van der Waals surface area contributed by atoms with Crippen LogP contribution in [0.15, 0.2) is 11.4 Å². The summed E-state index contributed by atoms with van der Waals surface area (Å²) in [7, 11) is 0.